The van der Waals surface area contributed by atoms with Crippen molar-refractivity contribution in [3.8, 4) is 11.5 Å². The van der Waals surface area contributed by atoms with Crippen LogP contribution in [-0.4, -0.2) is 36.7 Å². The number of benzene rings is 1. The van der Waals surface area contributed by atoms with E-state index in [0.717, 1.165) is 0 Å². The van der Waals surface area contributed by atoms with Crippen molar-refractivity contribution >= 4 is 22.9 Å². The summed E-state index contributed by atoms with van der Waals surface area (Å²) < 4.78 is 15.3. The maximum atomic E-state index is 12.1. The van der Waals surface area contributed by atoms with E-state index in [1.807, 2.05) is 20.8 Å². The Balaban J connectivity index is 2.67. The molecule has 0 aliphatic rings. The second-order valence-electron chi connectivity index (χ2n) is 5.57. The number of hydrogen-bond donors (Lipinski definition) is 1. The van der Waals surface area contributed by atoms with Gasteiger partial charge in [-0.15, -0.1) is 0 Å². The first-order chi connectivity index (χ1) is 10.2. The lowest BCUT2D eigenvalue weighted by Crippen LogP contribution is -2.48. The molecule has 1 aromatic carbocycles. The summed E-state index contributed by atoms with van der Waals surface area (Å²) in [6.45, 7) is 5.30. The topological polar surface area (TPSA) is 73.9 Å². The molecule has 0 aliphatic heterocycles. The van der Waals surface area contributed by atoms with Gasteiger partial charge in [-0.1, -0.05) is 0 Å². The second-order valence-corrected chi connectivity index (χ2v) is 5.88. The number of methoxy groups -OCH3 is 1. The third-order valence-corrected chi connectivity index (χ3v) is 2.58. The molecule has 1 rings (SSSR count). The molecule has 0 aromatic heterocycles. The first-order valence-corrected chi connectivity index (χ1v) is 7.04. The molecule has 1 amide bonds. The first kappa shape index (κ1) is 18.1. The number of hydrogen-bond acceptors (Lipinski definition) is 5. The van der Waals surface area contributed by atoms with Gasteiger partial charge in [-0.25, -0.2) is 4.79 Å². The van der Waals surface area contributed by atoms with Gasteiger partial charge in [0.1, 0.15) is 18.1 Å². The Morgan fingerprint density at radius 1 is 1.18 bits per heavy atom. The highest BCUT2D eigenvalue weighted by molar-refractivity contribution is 6.61. The van der Waals surface area contributed by atoms with E-state index in [0.29, 0.717) is 11.5 Å². The fourth-order valence-electron chi connectivity index (χ4n) is 1.57. The van der Waals surface area contributed by atoms with Crippen LogP contribution in [0.2, 0.25) is 0 Å². The zero-order chi connectivity index (χ0) is 16.8. The largest absolute Gasteiger partial charge is 0.497 e. The molecule has 0 saturated carbocycles. The van der Waals surface area contributed by atoms with Gasteiger partial charge in [0.2, 0.25) is 6.10 Å². The molecule has 22 heavy (non-hydrogen) atoms. The van der Waals surface area contributed by atoms with Gasteiger partial charge in [-0.3, -0.25) is 4.79 Å². The van der Waals surface area contributed by atoms with Crippen LogP contribution in [0.3, 0.4) is 0 Å². The van der Waals surface area contributed by atoms with E-state index in [2.05, 4.69) is 5.32 Å². The highest BCUT2D eigenvalue weighted by Gasteiger charge is 2.26. The molecule has 0 heterocycles. The van der Waals surface area contributed by atoms with Gasteiger partial charge in [0.05, 0.1) is 7.11 Å². The van der Waals surface area contributed by atoms with Crippen LogP contribution < -0.4 is 14.8 Å². The zero-order valence-corrected chi connectivity index (χ0v) is 13.8. The minimum absolute atomic E-state index is 0.146. The van der Waals surface area contributed by atoms with E-state index in [-0.39, 0.29) is 6.61 Å². The SMILES string of the molecule is COc1ccc(OCC(OC(=O)Cl)C(=O)NC(C)(C)C)cc1. The number of ether oxygens (including phenoxy) is 3. The lowest BCUT2D eigenvalue weighted by Gasteiger charge is -2.24. The molecule has 1 atom stereocenters. The second kappa shape index (κ2) is 7.89. The van der Waals surface area contributed by atoms with Crippen molar-refractivity contribution in [2.75, 3.05) is 13.7 Å². The van der Waals surface area contributed by atoms with Crippen LogP contribution >= 0.6 is 11.6 Å². The maximum Gasteiger partial charge on any atom is 0.404 e. The lowest BCUT2D eigenvalue weighted by atomic mass is 10.1. The van der Waals surface area contributed by atoms with Crippen LogP contribution in [-0.2, 0) is 9.53 Å². The Kier molecular flexibility index (Phi) is 6.49. The number of amides is 1. The van der Waals surface area contributed by atoms with Crippen LogP contribution in [0.4, 0.5) is 4.79 Å². The van der Waals surface area contributed by atoms with Crippen molar-refractivity contribution in [1.82, 2.24) is 5.32 Å². The molecular formula is C15H20ClNO5. The predicted molar refractivity (Wildman–Crippen MR) is 82.5 cm³/mol. The first-order valence-electron chi connectivity index (χ1n) is 6.66. The summed E-state index contributed by atoms with van der Waals surface area (Å²) in [7, 11) is 1.56. The zero-order valence-electron chi connectivity index (χ0n) is 13.0. The monoisotopic (exact) mass is 329 g/mol. The quantitative estimate of drug-likeness (QED) is 0.812. The minimum atomic E-state index is -1.13. The van der Waals surface area contributed by atoms with E-state index >= 15 is 0 Å². The van der Waals surface area contributed by atoms with E-state index < -0.39 is 23.0 Å². The Morgan fingerprint density at radius 2 is 1.73 bits per heavy atom. The van der Waals surface area contributed by atoms with E-state index in [1.54, 1.807) is 31.4 Å². The van der Waals surface area contributed by atoms with Gasteiger partial charge >= 0.3 is 5.43 Å². The van der Waals surface area contributed by atoms with Gasteiger partial charge in [0.15, 0.2) is 0 Å². The Bertz CT molecular complexity index is 510. The van der Waals surface area contributed by atoms with Crippen molar-refractivity contribution in [1.29, 1.82) is 0 Å². The standard InChI is InChI=1S/C15H20ClNO5/c1-15(2,3)17-13(18)12(22-14(16)19)9-21-11-7-5-10(20-4)6-8-11/h5-8,12H,9H2,1-4H3,(H,17,18). The lowest BCUT2D eigenvalue weighted by molar-refractivity contribution is -0.132. The number of carbonyl (C=O) groups excluding carboxylic acids is 2. The maximum absolute atomic E-state index is 12.1. The third kappa shape index (κ3) is 6.67. The fraction of sp³-hybridized carbons (Fsp3) is 0.467. The molecule has 1 unspecified atom stereocenters. The minimum Gasteiger partial charge on any atom is -0.497 e. The van der Waals surface area contributed by atoms with Crippen LogP contribution in [0.1, 0.15) is 20.8 Å². The Hall–Kier alpha value is -1.95. The van der Waals surface area contributed by atoms with E-state index in [1.165, 1.54) is 0 Å². The molecule has 7 heteroatoms. The van der Waals surface area contributed by atoms with Crippen LogP contribution in [0.25, 0.3) is 0 Å². The van der Waals surface area contributed by atoms with Gasteiger partial charge in [0, 0.05) is 17.1 Å². The number of rotatable bonds is 6. The summed E-state index contributed by atoms with van der Waals surface area (Å²) in [4.78, 5) is 23.0. The molecule has 0 saturated heterocycles. The molecule has 6 nitrogen and oxygen atoms in total. The Morgan fingerprint density at radius 3 is 2.18 bits per heavy atom. The van der Waals surface area contributed by atoms with Crippen molar-refractivity contribution in [2.45, 2.75) is 32.4 Å². The number of halogens is 1. The van der Waals surface area contributed by atoms with Crippen LogP contribution in [0.15, 0.2) is 24.3 Å². The van der Waals surface area contributed by atoms with E-state index in [9.17, 15) is 9.59 Å². The molecular weight excluding hydrogens is 310 g/mol. The highest BCUT2D eigenvalue weighted by atomic mass is 35.5. The molecule has 0 bridgehead atoms. The molecule has 0 spiro atoms. The van der Waals surface area contributed by atoms with Gasteiger partial charge in [-0.05, 0) is 45.0 Å². The van der Waals surface area contributed by atoms with Crippen molar-refractivity contribution in [3.05, 3.63) is 24.3 Å². The molecule has 122 valence electrons. The summed E-state index contributed by atoms with van der Waals surface area (Å²) in [5.41, 5.74) is -1.53. The van der Waals surface area contributed by atoms with Gasteiger partial charge < -0.3 is 19.5 Å². The summed E-state index contributed by atoms with van der Waals surface area (Å²) in [6.07, 6.45) is -1.13. The normalized spacial score (nSPS) is 12.2. The van der Waals surface area contributed by atoms with Gasteiger partial charge in [0.25, 0.3) is 5.91 Å². The van der Waals surface area contributed by atoms with Crippen LogP contribution in [0.5, 0.6) is 11.5 Å². The van der Waals surface area contributed by atoms with Gasteiger partial charge in [-0.2, -0.15) is 0 Å². The summed E-state index contributed by atoms with van der Waals surface area (Å²) in [5.74, 6) is 0.719. The average Bonchev–Trinajstić information content (AvgIpc) is 2.41. The summed E-state index contributed by atoms with van der Waals surface area (Å²) in [5, 5.41) is 2.70. The fourth-order valence-corrected chi connectivity index (χ4v) is 1.68. The van der Waals surface area contributed by atoms with Crippen molar-refractivity contribution in [2.24, 2.45) is 0 Å². The van der Waals surface area contributed by atoms with Crippen molar-refractivity contribution in [3.63, 3.8) is 0 Å². The summed E-state index contributed by atoms with van der Waals surface area (Å²) in [6, 6.07) is 6.79. The molecule has 0 aliphatic carbocycles. The van der Waals surface area contributed by atoms with Crippen molar-refractivity contribution < 1.29 is 23.8 Å². The van der Waals surface area contributed by atoms with Crippen LogP contribution in [0, 0.1) is 0 Å². The van der Waals surface area contributed by atoms with E-state index in [4.69, 9.17) is 25.8 Å². The smallest absolute Gasteiger partial charge is 0.404 e. The highest BCUT2D eigenvalue weighted by Crippen LogP contribution is 2.17. The summed E-state index contributed by atoms with van der Waals surface area (Å²) >= 11 is 5.20. The molecule has 0 radical (unpaired) electrons. The Labute approximate surface area is 134 Å². The molecule has 1 N–H and O–H groups in total. The number of carbonyl (C=O) groups is 2. The molecule has 1 aromatic rings. The number of nitrogens with one attached hydrogen (secondary N) is 1. The third-order valence-electron chi connectivity index (χ3n) is 2.49. The predicted octanol–water partition coefficient (Wildman–Crippen LogP) is 2.73. The average molecular weight is 330 g/mol. The molecule has 0 fully saturated rings.